The SMILES string of the molecule is NC(=O)C(Cc1ccc(F)cc1)c1ccc(N2CCN(C(=O)c3ccccc3C(F)(F)F)CC2)nn1. The summed E-state index contributed by atoms with van der Waals surface area (Å²) in [5.74, 6) is -1.89. The van der Waals surface area contributed by atoms with Gasteiger partial charge in [-0.1, -0.05) is 24.3 Å². The van der Waals surface area contributed by atoms with Gasteiger partial charge in [-0.3, -0.25) is 9.59 Å². The van der Waals surface area contributed by atoms with Crippen molar-refractivity contribution < 1.29 is 27.2 Å². The van der Waals surface area contributed by atoms with Gasteiger partial charge in [-0.15, -0.1) is 5.10 Å². The van der Waals surface area contributed by atoms with Gasteiger partial charge in [0.2, 0.25) is 5.91 Å². The number of hydrogen-bond acceptors (Lipinski definition) is 5. The summed E-state index contributed by atoms with van der Waals surface area (Å²) in [4.78, 5) is 28.0. The van der Waals surface area contributed by atoms with Gasteiger partial charge in [-0.2, -0.15) is 18.3 Å². The zero-order valence-corrected chi connectivity index (χ0v) is 19.1. The second-order valence-electron chi connectivity index (χ2n) is 8.42. The van der Waals surface area contributed by atoms with E-state index in [1.165, 1.54) is 35.2 Å². The fourth-order valence-electron chi connectivity index (χ4n) is 4.12. The topological polar surface area (TPSA) is 92.4 Å². The molecule has 2 amide bonds. The minimum atomic E-state index is -4.62. The summed E-state index contributed by atoms with van der Waals surface area (Å²) in [6.45, 7) is 1.12. The van der Waals surface area contributed by atoms with Crippen LogP contribution >= 0.6 is 0 Å². The Hall–Kier alpha value is -4.02. The molecule has 0 bridgehead atoms. The Morgan fingerprint density at radius 3 is 2.17 bits per heavy atom. The molecule has 11 heteroatoms. The third-order valence-corrected chi connectivity index (χ3v) is 6.08. The lowest BCUT2D eigenvalue weighted by Gasteiger charge is -2.35. The van der Waals surface area contributed by atoms with Gasteiger partial charge in [-0.05, 0) is 48.4 Å². The maximum atomic E-state index is 13.3. The van der Waals surface area contributed by atoms with E-state index in [1.54, 1.807) is 24.3 Å². The van der Waals surface area contributed by atoms with Crippen LogP contribution in [0.15, 0.2) is 60.7 Å². The van der Waals surface area contributed by atoms with Gasteiger partial charge in [0, 0.05) is 26.2 Å². The Morgan fingerprint density at radius 1 is 0.917 bits per heavy atom. The number of halogens is 4. The molecule has 36 heavy (non-hydrogen) atoms. The molecular weight excluding hydrogens is 478 g/mol. The molecule has 188 valence electrons. The van der Waals surface area contributed by atoms with Crippen LogP contribution in [0.2, 0.25) is 0 Å². The van der Waals surface area contributed by atoms with Gasteiger partial charge in [0.25, 0.3) is 5.91 Å². The van der Waals surface area contributed by atoms with Crippen LogP contribution in [0.1, 0.15) is 33.1 Å². The summed E-state index contributed by atoms with van der Waals surface area (Å²) in [6, 6.07) is 13.8. The van der Waals surface area contributed by atoms with E-state index in [9.17, 15) is 27.2 Å². The van der Waals surface area contributed by atoms with E-state index in [1.807, 2.05) is 4.90 Å². The lowest BCUT2D eigenvalue weighted by molar-refractivity contribution is -0.138. The van der Waals surface area contributed by atoms with E-state index in [0.717, 1.165) is 11.6 Å². The van der Waals surface area contributed by atoms with Gasteiger partial charge in [0.05, 0.1) is 22.7 Å². The molecule has 0 aliphatic carbocycles. The maximum absolute atomic E-state index is 13.3. The molecule has 1 unspecified atom stereocenters. The fraction of sp³-hybridized carbons (Fsp3) is 0.280. The molecule has 1 aromatic heterocycles. The number of aromatic nitrogens is 2. The molecule has 1 saturated heterocycles. The monoisotopic (exact) mass is 501 g/mol. The van der Waals surface area contributed by atoms with E-state index in [2.05, 4.69) is 10.2 Å². The second-order valence-corrected chi connectivity index (χ2v) is 8.42. The molecule has 1 fully saturated rings. The number of benzene rings is 2. The van der Waals surface area contributed by atoms with E-state index in [0.29, 0.717) is 24.6 Å². The Balaban J connectivity index is 1.41. The summed E-state index contributed by atoms with van der Waals surface area (Å²) < 4.78 is 53.1. The number of nitrogens with two attached hydrogens (primary N) is 1. The Bertz CT molecular complexity index is 1220. The number of carbonyl (C=O) groups is 2. The molecular formula is C25H23F4N5O2. The Labute approximate surface area is 204 Å². The first kappa shape index (κ1) is 25.1. The van der Waals surface area contributed by atoms with Gasteiger partial charge >= 0.3 is 6.18 Å². The third-order valence-electron chi connectivity index (χ3n) is 6.08. The van der Waals surface area contributed by atoms with Crippen molar-refractivity contribution in [2.45, 2.75) is 18.5 Å². The van der Waals surface area contributed by atoms with Crippen molar-refractivity contribution in [2.75, 3.05) is 31.1 Å². The number of piperazine rings is 1. The van der Waals surface area contributed by atoms with Crippen LogP contribution < -0.4 is 10.6 Å². The van der Waals surface area contributed by atoms with Gasteiger partial charge < -0.3 is 15.5 Å². The highest BCUT2D eigenvalue weighted by molar-refractivity contribution is 5.96. The summed E-state index contributed by atoms with van der Waals surface area (Å²) in [5, 5.41) is 8.35. The summed E-state index contributed by atoms with van der Waals surface area (Å²) in [5.41, 5.74) is 5.32. The van der Waals surface area contributed by atoms with E-state index >= 15 is 0 Å². The molecule has 7 nitrogen and oxygen atoms in total. The third kappa shape index (κ3) is 5.61. The number of carbonyl (C=O) groups excluding carboxylic acids is 2. The molecule has 1 atom stereocenters. The zero-order valence-electron chi connectivity index (χ0n) is 19.1. The average Bonchev–Trinajstić information content (AvgIpc) is 2.87. The predicted molar refractivity (Wildman–Crippen MR) is 124 cm³/mol. The van der Waals surface area contributed by atoms with Crippen LogP contribution in [0.3, 0.4) is 0 Å². The molecule has 0 saturated carbocycles. The average molecular weight is 501 g/mol. The van der Waals surface area contributed by atoms with E-state index < -0.39 is 29.5 Å². The summed E-state index contributed by atoms with van der Waals surface area (Å²) >= 11 is 0. The van der Waals surface area contributed by atoms with Crippen LogP contribution in [-0.4, -0.2) is 53.1 Å². The number of nitrogens with zero attached hydrogens (tertiary/aromatic N) is 4. The maximum Gasteiger partial charge on any atom is 0.417 e. The van der Waals surface area contributed by atoms with Crippen molar-refractivity contribution in [3.05, 3.63) is 88.9 Å². The number of alkyl halides is 3. The number of hydrogen-bond donors (Lipinski definition) is 1. The minimum Gasteiger partial charge on any atom is -0.369 e. The van der Waals surface area contributed by atoms with Gasteiger partial charge in [0.15, 0.2) is 5.82 Å². The number of primary amides is 1. The molecule has 2 N–H and O–H groups in total. The van der Waals surface area contributed by atoms with Crippen LogP contribution in [-0.2, 0) is 17.4 Å². The van der Waals surface area contributed by atoms with Crippen molar-refractivity contribution in [2.24, 2.45) is 5.73 Å². The first-order valence-electron chi connectivity index (χ1n) is 11.2. The molecule has 2 heterocycles. The summed E-state index contributed by atoms with van der Waals surface area (Å²) in [7, 11) is 0. The number of rotatable bonds is 6. The van der Waals surface area contributed by atoms with Crippen LogP contribution in [0, 0.1) is 5.82 Å². The molecule has 3 aromatic rings. The lowest BCUT2D eigenvalue weighted by Crippen LogP contribution is -2.49. The highest BCUT2D eigenvalue weighted by atomic mass is 19.4. The van der Waals surface area contributed by atoms with Crippen molar-refractivity contribution in [3.8, 4) is 0 Å². The Morgan fingerprint density at radius 2 is 1.58 bits per heavy atom. The van der Waals surface area contributed by atoms with Crippen LogP contribution in [0.25, 0.3) is 0 Å². The highest BCUT2D eigenvalue weighted by Crippen LogP contribution is 2.32. The van der Waals surface area contributed by atoms with Gasteiger partial charge in [-0.25, -0.2) is 4.39 Å². The smallest absolute Gasteiger partial charge is 0.369 e. The Kier molecular flexibility index (Phi) is 7.18. The van der Waals surface area contributed by atoms with E-state index in [4.69, 9.17) is 5.73 Å². The van der Waals surface area contributed by atoms with Crippen LogP contribution in [0.5, 0.6) is 0 Å². The second kappa shape index (κ2) is 10.3. The molecule has 2 aromatic carbocycles. The number of amides is 2. The lowest BCUT2D eigenvalue weighted by atomic mass is 9.95. The molecule has 1 aliphatic rings. The molecule has 0 spiro atoms. The normalized spacial score (nSPS) is 15.0. The highest BCUT2D eigenvalue weighted by Gasteiger charge is 2.36. The molecule has 1 aliphatic heterocycles. The van der Waals surface area contributed by atoms with Crippen LogP contribution in [0.4, 0.5) is 23.4 Å². The minimum absolute atomic E-state index is 0.211. The van der Waals surface area contributed by atoms with Crippen molar-refractivity contribution in [3.63, 3.8) is 0 Å². The standard InChI is InChI=1S/C25H23F4N5O2/c26-17-7-5-16(6-8-17)15-19(23(30)35)21-9-10-22(32-31-21)33-11-13-34(14-12-33)24(36)18-3-1-2-4-20(18)25(27,28)29/h1-10,19H,11-15H2,(H2,30,35). The largest absolute Gasteiger partial charge is 0.417 e. The zero-order chi connectivity index (χ0) is 25.9. The molecule has 0 radical (unpaired) electrons. The van der Waals surface area contributed by atoms with Gasteiger partial charge in [0.1, 0.15) is 5.82 Å². The predicted octanol–water partition coefficient (Wildman–Crippen LogP) is 3.41. The fourth-order valence-corrected chi connectivity index (χ4v) is 4.12. The number of anilines is 1. The first-order chi connectivity index (χ1) is 17.1. The van der Waals surface area contributed by atoms with Crippen molar-refractivity contribution in [1.29, 1.82) is 0 Å². The quantitative estimate of drug-likeness (QED) is 0.523. The summed E-state index contributed by atoms with van der Waals surface area (Å²) in [6.07, 6.45) is -4.38. The molecule has 4 rings (SSSR count). The van der Waals surface area contributed by atoms with Crippen molar-refractivity contribution >= 4 is 17.6 Å². The van der Waals surface area contributed by atoms with Crippen molar-refractivity contribution in [1.82, 2.24) is 15.1 Å². The van der Waals surface area contributed by atoms with E-state index in [-0.39, 0.29) is 30.9 Å². The first-order valence-corrected chi connectivity index (χ1v) is 11.2.